The van der Waals surface area contributed by atoms with Crippen LogP contribution in [0.5, 0.6) is 5.88 Å². The van der Waals surface area contributed by atoms with Gasteiger partial charge in [-0.1, -0.05) is 63.7 Å². The number of hydrogen-bond donors (Lipinski definition) is 1. The zero-order valence-corrected chi connectivity index (χ0v) is 18.8. The molecule has 0 saturated heterocycles. The average Bonchev–Trinajstić information content (AvgIpc) is 2.99. The largest absolute Gasteiger partial charge is 0.493 e. The summed E-state index contributed by atoms with van der Waals surface area (Å²) >= 11 is 10.1. The zero-order chi connectivity index (χ0) is 20.8. The molecule has 0 aliphatic carbocycles. The molecule has 0 fully saturated rings. The smallest absolute Gasteiger partial charge is 0.329 e. The summed E-state index contributed by atoms with van der Waals surface area (Å²) in [6.07, 6.45) is 1.92. The third kappa shape index (κ3) is 5.41. The number of nitrogens with zero attached hydrogens (tertiary/aromatic N) is 2. The van der Waals surface area contributed by atoms with Gasteiger partial charge in [-0.15, -0.1) is 0 Å². The Morgan fingerprint density at radius 1 is 1.31 bits per heavy atom. The Labute approximate surface area is 186 Å². The molecule has 1 heterocycles. The highest BCUT2D eigenvalue weighted by atomic mass is 79.9. The van der Waals surface area contributed by atoms with E-state index in [2.05, 4.69) is 20.9 Å². The molecule has 0 saturated carbocycles. The van der Waals surface area contributed by atoms with Gasteiger partial charge in [-0.2, -0.15) is 0 Å². The van der Waals surface area contributed by atoms with Crippen molar-refractivity contribution in [2.24, 2.45) is 4.99 Å². The van der Waals surface area contributed by atoms with Crippen molar-refractivity contribution in [3.63, 3.8) is 0 Å². The molecule has 1 N–H and O–H groups in total. The second-order valence-corrected chi connectivity index (χ2v) is 8.71. The lowest BCUT2D eigenvalue weighted by molar-refractivity contribution is -0.147. The highest BCUT2D eigenvalue weighted by molar-refractivity contribution is 9.10. The second kappa shape index (κ2) is 9.96. The SMILES string of the molecule is CCOC(=O)[C@@H](Cc1ccccc1)n1c(O)c(C=Nc2cccc(Br)c2)sc1=S. The molecular weight excluding hydrogens is 472 g/mol. The Morgan fingerprint density at radius 3 is 2.76 bits per heavy atom. The van der Waals surface area contributed by atoms with Crippen LogP contribution in [0.4, 0.5) is 5.69 Å². The Bertz CT molecular complexity index is 1080. The van der Waals surface area contributed by atoms with Crippen molar-refractivity contribution >= 4 is 57.4 Å². The van der Waals surface area contributed by atoms with Gasteiger partial charge in [0.2, 0.25) is 5.88 Å². The van der Waals surface area contributed by atoms with Crippen LogP contribution in [-0.2, 0) is 16.0 Å². The summed E-state index contributed by atoms with van der Waals surface area (Å²) in [6, 6.07) is 16.3. The Morgan fingerprint density at radius 2 is 2.07 bits per heavy atom. The molecule has 0 bridgehead atoms. The van der Waals surface area contributed by atoms with Crippen LogP contribution < -0.4 is 0 Å². The summed E-state index contributed by atoms with van der Waals surface area (Å²) in [7, 11) is 0. The van der Waals surface area contributed by atoms with Gasteiger partial charge in [0, 0.05) is 10.9 Å². The summed E-state index contributed by atoms with van der Waals surface area (Å²) in [5.41, 5.74) is 1.68. The predicted molar refractivity (Wildman–Crippen MR) is 122 cm³/mol. The minimum Gasteiger partial charge on any atom is -0.493 e. The molecular formula is C21H19BrN2O3S2. The van der Waals surface area contributed by atoms with Crippen LogP contribution in [0.15, 0.2) is 64.1 Å². The number of halogens is 1. The number of rotatable bonds is 7. The van der Waals surface area contributed by atoms with E-state index in [0.717, 1.165) is 15.7 Å². The molecule has 1 aromatic heterocycles. The van der Waals surface area contributed by atoms with Crippen molar-refractivity contribution in [1.29, 1.82) is 0 Å². The number of esters is 1. The fourth-order valence-corrected chi connectivity index (χ4v) is 4.46. The average molecular weight is 491 g/mol. The summed E-state index contributed by atoms with van der Waals surface area (Å²) in [4.78, 5) is 17.5. The van der Waals surface area contributed by atoms with Gasteiger partial charge in [-0.3, -0.25) is 9.56 Å². The molecule has 3 aromatic rings. The monoisotopic (exact) mass is 490 g/mol. The van der Waals surface area contributed by atoms with Crippen LogP contribution in [0.2, 0.25) is 0 Å². The molecule has 3 rings (SSSR count). The van der Waals surface area contributed by atoms with Crippen LogP contribution >= 0.6 is 39.5 Å². The minimum absolute atomic E-state index is 0.0901. The lowest BCUT2D eigenvalue weighted by atomic mass is 10.1. The summed E-state index contributed by atoms with van der Waals surface area (Å²) in [6.45, 7) is 2.00. The van der Waals surface area contributed by atoms with E-state index < -0.39 is 12.0 Å². The number of aromatic nitrogens is 1. The lowest BCUT2D eigenvalue weighted by Crippen LogP contribution is -2.24. The molecule has 1 atom stereocenters. The van der Waals surface area contributed by atoms with Crippen LogP contribution in [0.1, 0.15) is 23.4 Å². The Kier molecular flexibility index (Phi) is 7.35. The number of hydrogen-bond acceptors (Lipinski definition) is 6. The van der Waals surface area contributed by atoms with Crippen LogP contribution in [0.25, 0.3) is 0 Å². The summed E-state index contributed by atoms with van der Waals surface area (Å²) in [5.74, 6) is -0.524. The quantitative estimate of drug-likeness (QED) is 0.256. The van der Waals surface area contributed by atoms with E-state index in [1.807, 2.05) is 54.6 Å². The molecule has 0 amide bonds. The normalized spacial score (nSPS) is 12.2. The van der Waals surface area contributed by atoms with Crippen molar-refractivity contribution in [2.45, 2.75) is 19.4 Å². The number of thiazole rings is 1. The highest BCUT2D eigenvalue weighted by Gasteiger charge is 2.27. The molecule has 0 aliphatic rings. The van der Waals surface area contributed by atoms with Gasteiger partial charge in [-0.05, 0) is 42.9 Å². The van der Waals surface area contributed by atoms with Gasteiger partial charge in [0.1, 0.15) is 10.9 Å². The van der Waals surface area contributed by atoms with Crippen molar-refractivity contribution in [3.8, 4) is 5.88 Å². The third-order valence-electron chi connectivity index (χ3n) is 4.12. The fraction of sp³-hybridized carbons (Fsp3) is 0.190. The van der Waals surface area contributed by atoms with Gasteiger partial charge in [-0.25, -0.2) is 4.79 Å². The number of benzene rings is 2. The molecule has 0 aliphatic heterocycles. The first-order valence-electron chi connectivity index (χ1n) is 8.94. The van der Waals surface area contributed by atoms with E-state index in [9.17, 15) is 9.90 Å². The highest BCUT2D eigenvalue weighted by Crippen LogP contribution is 2.31. The van der Waals surface area contributed by atoms with Gasteiger partial charge >= 0.3 is 5.97 Å². The van der Waals surface area contributed by atoms with E-state index >= 15 is 0 Å². The Balaban J connectivity index is 1.96. The first-order valence-corrected chi connectivity index (χ1v) is 11.0. The molecule has 8 heteroatoms. The fourth-order valence-electron chi connectivity index (χ4n) is 2.80. The first-order chi connectivity index (χ1) is 14.0. The minimum atomic E-state index is -0.755. The molecule has 5 nitrogen and oxygen atoms in total. The summed E-state index contributed by atoms with van der Waals surface area (Å²) in [5, 5.41) is 10.8. The second-order valence-electron chi connectivity index (χ2n) is 6.12. The Hall–Kier alpha value is -2.29. The lowest BCUT2D eigenvalue weighted by Gasteiger charge is -2.18. The standard InChI is InChI=1S/C21H19BrN2O3S2/c1-2-27-20(26)17(11-14-7-4-3-5-8-14)24-19(25)18(29-21(24)28)13-23-16-10-6-9-15(22)12-16/h3-10,12-13,17,25H,2,11H2,1H3/t17-/m1/s1. The van der Waals surface area contributed by atoms with Crippen molar-refractivity contribution in [2.75, 3.05) is 6.61 Å². The molecule has 2 aromatic carbocycles. The van der Waals surface area contributed by atoms with Crippen LogP contribution in [0, 0.1) is 3.95 Å². The first kappa shape index (κ1) is 21.4. The number of carbonyl (C=O) groups is 1. The van der Waals surface area contributed by atoms with Crippen LogP contribution in [0.3, 0.4) is 0 Å². The van der Waals surface area contributed by atoms with Gasteiger partial charge in [0.05, 0.1) is 18.5 Å². The number of carbonyl (C=O) groups excluding carboxylic acids is 1. The van der Waals surface area contributed by atoms with Gasteiger partial charge in [0.25, 0.3) is 0 Å². The topological polar surface area (TPSA) is 63.8 Å². The van der Waals surface area contributed by atoms with Gasteiger partial charge < -0.3 is 9.84 Å². The van der Waals surface area contributed by atoms with Crippen molar-refractivity contribution < 1.29 is 14.6 Å². The van der Waals surface area contributed by atoms with E-state index in [1.165, 1.54) is 15.9 Å². The van der Waals surface area contributed by atoms with E-state index in [4.69, 9.17) is 17.0 Å². The maximum Gasteiger partial charge on any atom is 0.329 e. The van der Waals surface area contributed by atoms with E-state index in [-0.39, 0.29) is 12.5 Å². The van der Waals surface area contributed by atoms with E-state index in [1.54, 1.807) is 13.1 Å². The predicted octanol–water partition coefficient (Wildman–Crippen LogP) is 5.84. The van der Waals surface area contributed by atoms with Gasteiger partial charge in [0.15, 0.2) is 3.95 Å². The number of aromatic hydroxyl groups is 1. The molecule has 0 radical (unpaired) electrons. The summed E-state index contributed by atoms with van der Waals surface area (Å²) < 4.78 is 7.98. The molecule has 0 spiro atoms. The number of ether oxygens (including phenoxy) is 1. The van der Waals surface area contributed by atoms with Crippen molar-refractivity contribution in [1.82, 2.24) is 4.57 Å². The molecule has 150 valence electrons. The third-order valence-corrected chi connectivity index (χ3v) is 5.94. The van der Waals surface area contributed by atoms with Crippen LogP contribution in [-0.4, -0.2) is 28.5 Å². The molecule has 29 heavy (non-hydrogen) atoms. The zero-order valence-electron chi connectivity index (χ0n) is 15.6. The molecule has 0 unspecified atom stereocenters. The maximum absolute atomic E-state index is 12.6. The van der Waals surface area contributed by atoms with Crippen molar-refractivity contribution in [3.05, 3.63) is 73.5 Å². The number of aliphatic imine (C=N–C) groups is 1. The maximum atomic E-state index is 12.6. The van der Waals surface area contributed by atoms with E-state index in [0.29, 0.717) is 15.3 Å².